The molecule has 30 heavy (non-hydrogen) atoms. The van der Waals surface area contributed by atoms with Crippen LogP contribution in [0.2, 0.25) is 0 Å². The van der Waals surface area contributed by atoms with Crippen LogP contribution in [0.15, 0.2) is 60.7 Å². The van der Waals surface area contributed by atoms with Gasteiger partial charge in [-0.15, -0.1) is 5.92 Å². The van der Waals surface area contributed by atoms with Gasteiger partial charge in [-0.3, -0.25) is 9.69 Å². The molecule has 156 valence electrons. The van der Waals surface area contributed by atoms with Crippen molar-refractivity contribution in [2.75, 3.05) is 20.1 Å². The number of hydrogen-bond acceptors (Lipinski definition) is 3. The van der Waals surface area contributed by atoms with E-state index in [0.29, 0.717) is 19.5 Å². The number of likely N-dealkylation sites (tertiary alicyclic amines) is 1. The van der Waals surface area contributed by atoms with Gasteiger partial charge in [0.25, 0.3) is 0 Å². The third-order valence-electron chi connectivity index (χ3n) is 5.78. The van der Waals surface area contributed by atoms with Crippen LogP contribution in [0.25, 0.3) is 0 Å². The van der Waals surface area contributed by atoms with Crippen molar-refractivity contribution in [3.63, 3.8) is 0 Å². The molecular formula is C25H28N2O3. The number of aliphatic carboxylic acids is 1. The third-order valence-corrected chi connectivity index (χ3v) is 5.78. The lowest BCUT2D eigenvalue weighted by molar-refractivity contribution is -0.153. The number of rotatable bonds is 6. The summed E-state index contributed by atoms with van der Waals surface area (Å²) in [6.45, 7) is 2.81. The van der Waals surface area contributed by atoms with Crippen LogP contribution in [-0.2, 0) is 9.59 Å². The van der Waals surface area contributed by atoms with E-state index >= 15 is 0 Å². The number of carboxylic acids is 1. The molecule has 1 fully saturated rings. The predicted octanol–water partition coefficient (Wildman–Crippen LogP) is 3.22. The molecule has 5 heteroatoms. The molecule has 0 radical (unpaired) electrons. The summed E-state index contributed by atoms with van der Waals surface area (Å²) in [5.41, 5.74) is 1.74. The van der Waals surface area contributed by atoms with Crippen LogP contribution in [0.5, 0.6) is 0 Å². The minimum Gasteiger partial charge on any atom is -0.480 e. The predicted molar refractivity (Wildman–Crippen MR) is 117 cm³/mol. The van der Waals surface area contributed by atoms with E-state index in [1.54, 1.807) is 11.8 Å². The van der Waals surface area contributed by atoms with Crippen molar-refractivity contribution in [2.24, 2.45) is 0 Å². The van der Waals surface area contributed by atoms with Crippen molar-refractivity contribution in [2.45, 2.75) is 37.8 Å². The highest BCUT2D eigenvalue weighted by Crippen LogP contribution is 2.31. The molecule has 0 saturated carbocycles. The maximum atomic E-state index is 13.7. The van der Waals surface area contributed by atoms with Crippen molar-refractivity contribution in [3.8, 4) is 11.8 Å². The first kappa shape index (κ1) is 21.6. The third kappa shape index (κ3) is 4.90. The van der Waals surface area contributed by atoms with Gasteiger partial charge in [-0.05, 0) is 37.9 Å². The maximum Gasteiger partial charge on any atom is 0.326 e. The molecule has 1 N–H and O–H groups in total. The Balaban J connectivity index is 1.88. The SMILES string of the molecule is CC#CCN(C)[C@@H]1CCN(C(=O)C(c2ccccc2)c2ccccc2)[C@H](C(=O)O)C1. The smallest absolute Gasteiger partial charge is 0.326 e. The lowest BCUT2D eigenvalue weighted by Gasteiger charge is -2.41. The average Bonchev–Trinajstić information content (AvgIpc) is 2.78. The molecule has 0 aromatic heterocycles. The second-order valence-corrected chi connectivity index (χ2v) is 7.66. The largest absolute Gasteiger partial charge is 0.480 e. The van der Waals surface area contributed by atoms with Gasteiger partial charge in [-0.1, -0.05) is 66.6 Å². The Hall–Kier alpha value is -3.10. The molecule has 2 aromatic rings. The minimum atomic E-state index is -0.956. The van der Waals surface area contributed by atoms with Crippen molar-refractivity contribution in [1.82, 2.24) is 9.80 Å². The number of carboxylic acid groups (broad SMARTS) is 1. The molecule has 1 amide bonds. The summed E-state index contributed by atoms with van der Waals surface area (Å²) < 4.78 is 0. The van der Waals surface area contributed by atoms with Crippen LogP contribution in [0.3, 0.4) is 0 Å². The van der Waals surface area contributed by atoms with E-state index in [1.807, 2.05) is 67.7 Å². The van der Waals surface area contributed by atoms with Crippen molar-refractivity contribution in [3.05, 3.63) is 71.8 Å². The van der Waals surface area contributed by atoms with Gasteiger partial charge in [0, 0.05) is 12.6 Å². The van der Waals surface area contributed by atoms with Gasteiger partial charge in [-0.25, -0.2) is 4.79 Å². The highest BCUT2D eigenvalue weighted by atomic mass is 16.4. The Morgan fingerprint density at radius 2 is 1.67 bits per heavy atom. The Bertz CT molecular complexity index is 878. The highest BCUT2D eigenvalue weighted by molar-refractivity contribution is 5.91. The van der Waals surface area contributed by atoms with Crippen LogP contribution in [0.1, 0.15) is 36.8 Å². The number of amides is 1. The van der Waals surface area contributed by atoms with Crippen LogP contribution in [-0.4, -0.2) is 59.0 Å². The number of carbonyl (C=O) groups is 2. The molecule has 0 aliphatic carbocycles. The summed E-state index contributed by atoms with van der Waals surface area (Å²) in [5.74, 6) is 4.28. The molecule has 0 unspecified atom stereocenters. The monoisotopic (exact) mass is 404 g/mol. The summed E-state index contributed by atoms with van der Waals surface area (Å²) >= 11 is 0. The molecule has 1 aliphatic rings. The number of benzene rings is 2. The van der Waals surface area contributed by atoms with Gasteiger partial charge in [0.15, 0.2) is 0 Å². The first-order valence-corrected chi connectivity index (χ1v) is 10.3. The first-order chi connectivity index (χ1) is 14.5. The van der Waals surface area contributed by atoms with Crippen molar-refractivity contribution >= 4 is 11.9 Å². The van der Waals surface area contributed by atoms with E-state index in [9.17, 15) is 14.7 Å². The number of nitrogens with zero attached hydrogens (tertiary/aromatic N) is 2. The van der Waals surface area contributed by atoms with Crippen molar-refractivity contribution in [1.29, 1.82) is 0 Å². The summed E-state index contributed by atoms with van der Waals surface area (Å²) in [7, 11) is 1.96. The summed E-state index contributed by atoms with van der Waals surface area (Å²) in [6.07, 6.45) is 1.13. The van der Waals surface area contributed by atoms with E-state index in [4.69, 9.17) is 0 Å². The van der Waals surface area contributed by atoms with E-state index in [2.05, 4.69) is 16.7 Å². The van der Waals surface area contributed by atoms with Crippen LogP contribution < -0.4 is 0 Å². The van der Waals surface area contributed by atoms with E-state index in [0.717, 1.165) is 17.5 Å². The zero-order chi connectivity index (χ0) is 21.5. The summed E-state index contributed by atoms with van der Waals surface area (Å²) in [6, 6.07) is 18.4. The molecule has 2 aromatic carbocycles. The molecule has 0 bridgehead atoms. The Kier molecular flexibility index (Phi) is 7.26. The zero-order valence-corrected chi connectivity index (χ0v) is 17.5. The molecule has 5 nitrogen and oxygen atoms in total. The molecule has 0 spiro atoms. The van der Waals surface area contributed by atoms with Crippen LogP contribution >= 0.6 is 0 Å². The Labute approximate surface area is 178 Å². The van der Waals surface area contributed by atoms with E-state index in [1.165, 1.54) is 0 Å². The normalized spacial score (nSPS) is 18.7. The van der Waals surface area contributed by atoms with Gasteiger partial charge >= 0.3 is 5.97 Å². The van der Waals surface area contributed by atoms with Gasteiger partial charge in [0.05, 0.1) is 12.5 Å². The fourth-order valence-electron chi connectivity index (χ4n) is 4.11. The second-order valence-electron chi connectivity index (χ2n) is 7.66. The zero-order valence-electron chi connectivity index (χ0n) is 17.5. The fraction of sp³-hybridized carbons (Fsp3) is 0.360. The van der Waals surface area contributed by atoms with Gasteiger partial charge in [0.1, 0.15) is 6.04 Å². The lowest BCUT2D eigenvalue weighted by Crippen LogP contribution is -2.55. The minimum absolute atomic E-state index is 0.0860. The molecule has 2 atom stereocenters. The van der Waals surface area contributed by atoms with Crippen LogP contribution in [0.4, 0.5) is 0 Å². The maximum absolute atomic E-state index is 13.7. The van der Waals surface area contributed by atoms with E-state index < -0.39 is 17.9 Å². The number of piperidine rings is 1. The topological polar surface area (TPSA) is 60.9 Å². The van der Waals surface area contributed by atoms with Crippen LogP contribution in [0, 0.1) is 11.8 Å². The van der Waals surface area contributed by atoms with Gasteiger partial charge < -0.3 is 10.0 Å². The Morgan fingerprint density at radius 3 is 2.17 bits per heavy atom. The quantitative estimate of drug-likeness (QED) is 0.751. The Morgan fingerprint density at radius 1 is 1.10 bits per heavy atom. The fourth-order valence-corrected chi connectivity index (χ4v) is 4.11. The first-order valence-electron chi connectivity index (χ1n) is 10.3. The molecule has 1 saturated heterocycles. The number of carbonyl (C=O) groups excluding carboxylic acids is 1. The van der Waals surface area contributed by atoms with Gasteiger partial charge in [-0.2, -0.15) is 0 Å². The van der Waals surface area contributed by atoms with Crippen molar-refractivity contribution < 1.29 is 14.7 Å². The lowest BCUT2D eigenvalue weighted by atomic mass is 9.87. The van der Waals surface area contributed by atoms with Gasteiger partial charge in [0.2, 0.25) is 5.91 Å². The highest BCUT2D eigenvalue weighted by Gasteiger charge is 2.40. The molecule has 3 rings (SSSR count). The molecular weight excluding hydrogens is 376 g/mol. The second kappa shape index (κ2) is 10.1. The average molecular weight is 405 g/mol. The standard InChI is InChI=1S/C25H28N2O3/c1-3-4-16-26(2)21-15-17-27(22(18-21)25(29)30)24(28)23(19-11-7-5-8-12-19)20-13-9-6-10-14-20/h5-14,21-23H,15-18H2,1-2H3,(H,29,30)/t21-,22+/m1/s1. The summed E-state index contributed by atoms with van der Waals surface area (Å²) in [5, 5.41) is 9.92. The molecule has 1 aliphatic heterocycles. The molecule has 1 heterocycles. The van der Waals surface area contributed by atoms with E-state index in [-0.39, 0.29) is 11.9 Å². The number of hydrogen-bond donors (Lipinski definition) is 1. The summed E-state index contributed by atoms with van der Waals surface area (Å²) in [4.78, 5) is 29.4.